The molecule has 0 saturated carbocycles. The van der Waals surface area contributed by atoms with Gasteiger partial charge in [-0.3, -0.25) is 0 Å². The van der Waals surface area contributed by atoms with Crippen LogP contribution in [0.1, 0.15) is 33.4 Å². The molecule has 1 aliphatic rings. The van der Waals surface area contributed by atoms with Crippen LogP contribution in [0.15, 0.2) is 18.2 Å². The number of benzene rings is 1. The van der Waals surface area contributed by atoms with Gasteiger partial charge in [-0.2, -0.15) is 0 Å². The molecule has 3 N–H and O–H groups in total. The summed E-state index contributed by atoms with van der Waals surface area (Å²) >= 11 is 0. The topological polar surface area (TPSA) is 60.3 Å². The van der Waals surface area contributed by atoms with E-state index in [4.69, 9.17) is 15.0 Å². The zero-order valence-corrected chi connectivity index (χ0v) is 12.7. The van der Waals surface area contributed by atoms with Crippen LogP contribution in [0.25, 0.3) is 10.9 Å². The number of nitrogens with two attached hydrogens (primary N) is 1. The summed E-state index contributed by atoms with van der Waals surface area (Å²) in [5.41, 5.74) is 9.27. The van der Waals surface area contributed by atoms with Gasteiger partial charge in [0.25, 0.3) is 0 Å². The maximum atomic E-state index is 6.10. The van der Waals surface area contributed by atoms with Crippen molar-refractivity contribution in [2.75, 3.05) is 5.73 Å². The van der Waals surface area contributed by atoms with E-state index in [1.54, 1.807) is 0 Å². The van der Waals surface area contributed by atoms with Gasteiger partial charge >= 0.3 is 7.12 Å². The summed E-state index contributed by atoms with van der Waals surface area (Å²) in [5, 5.41) is 1.02. The molecule has 0 bridgehead atoms. The van der Waals surface area contributed by atoms with Crippen LogP contribution >= 0.6 is 0 Å². The monoisotopic (exact) mass is 272 g/mol. The van der Waals surface area contributed by atoms with Crippen molar-refractivity contribution in [3.8, 4) is 0 Å². The highest BCUT2D eigenvalue weighted by Crippen LogP contribution is 2.36. The summed E-state index contributed by atoms with van der Waals surface area (Å²) in [4.78, 5) is 3.27. The third-order valence-corrected chi connectivity index (χ3v) is 4.59. The fourth-order valence-electron chi connectivity index (χ4n) is 2.49. The number of H-pyrrole nitrogens is 1. The molecule has 0 aliphatic carbocycles. The summed E-state index contributed by atoms with van der Waals surface area (Å²) in [5.74, 6) is 0. The lowest BCUT2D eigenvalue weighted by molar-refractivity contribution is 0.00578. The van der Waals surface area contributed by atoms with Crippen LogP contribution in [0, 0.1) is 6.92 Å². The van der Waals surface area contributed by atoms with Crippen LogP contribution in [-0.4, -0.2) is 23.3 Å². The molecule has 0 unspecified atom stereocenters. The number of nitrogens with one attached hydrogen (secondary N) is 1. The van der Waals surface area contributed by atoms with Gasteiger partial charge in [0.1, 0.15) is 0 Å². The van der Waals surface area contributed by atoms with Crippen LogP contribution in [-0.2, 0) is 9.31 Å². The number of aryl methyl sites for hydroxylation is 1. The molecule has 106 valence electrons. The third kappa shape index (κ3) is 1.85. The molecule has 0 radical (unpaired) electrons. The van der Waals surface area contributed by atoms with Crippen molar-refractivity contribution in [3.05, 3.63) is 23.9 Å². The lowest BCUT2D eigenvalue weighted by atomic mass is 9.78. The second-order valence-electron chi connectivity index (χ2n) is 6.56. The van der Waals surface area contributed by atoms with Crippen LogP contribution in [0.3, 0.4) is 0 Å². The quantitative estimate of drug-likeness (QED) is 0.783. The standard InChI is InChI=1S/C15H21BN2O2/c1-9-13(17)11-8-10(6-7-12(11)18-9)16-19-14(2,3)15(4,5)20-16/h6-8,18H,17H2,1-5H3. The fraction of sp³-hybridized carbons (Fsp3) is 0.467. The van der Waals surface area contributed by atoms with E-state index in [2.05, 4.69) is 38.7 Å². The molecule has 0 atom stereocenters. The van der Waals surface area contributed by atoms with Crippen molar-refractivity contribution in [2.24, 2.45) is 0 Å². The van der Waals surface area contributed by atoms with Gasteiger partial charge in [0.05, 0.1) is 16.9 Å². The number of hydrogen-bond donors (Lipinski definition) is 2. The number of nitrogen functional groups attached to an aromatic ring is 1. The first-order valence-corrected chi connectivity index (χ1v) is 6.95. The minimum absolute atomic E-state index is 0.327. The van der Waals surface area contributed by atoms with Crippen LogP contribution in [0.4, 0.5) is 5.69 Å². The average molecular weight is 272 g/mol. The molecular formula is C15H21BN2O2. The predicted octanol–water partition coefficient (Wildman–Crippen LogP) is 2.36. The molecule has 2 heterocycles. The van der Waals surface area contributed by atoms with Crippen molar-refractivity contribution in [1.29, 1.82) is 0 Å². The number of rotatable bonds is 1. The van der Waals surface area contributed by atoms with Gasteiger partial charge in [-0.15, -0.1) is 0 Å². The summed E-state index contributed by atoms with van der Waals surface area (Å²) in [6, 6.07) is 6.11. The van der Waals surface area contributed by atoms with Crippen molar-refractivity contribution < 1.29 is 9.31 Å². The maximum Gasteiger partial charge on any atom is 0.494 e. The Labute approximate surface area is 119 Å². The molecule has 1 fully saturated rings. The average Bonchev–Trinajstić information content (AvgIpc) is 2.74. The minimum Gasteiger partial charge on any atom is -0.399 e. The summed E-state index contributed by atoms with van der Waals surface area (Å²) in [6.07, 6.45) is 0. The second kappa shape index (κ2) is 4.02. The summed E-state index contributed by atoms with van der Waals surface area (Å²) < 4.78 is 12.1. The Bertz CT molecular complexity index is 660. The zero-order valence-electron chi connectivity index (χ0n) is 12.7. The van der Waals surface area contributed by atoms with Gasteiger partial charge in [-0.1, -0.05) is 12.1 Å². The van der Waals surface area contributed by atoms with E-state index in [0.717, 1.165) is 27.7 Å². The second-order valence-corrected chi connectivity index (χ2v) is 6.56. The van der Waals surface area contributed by atoms with E-state index >= 15 is 0 Å². The normalized spacial score (nSPS) is 20.8. The summed E-state index contributed by atoms with van der Waals surface area (Å²) in [7, 11) is -0.348. The predicted molar refractivity (Wildman–Crippen MR) is 83.2 cm³/mol. The van der Waals surface area contributed by atoms with E-state index in [-0.39, 0.29) is 18.3 Å². The van der Waals surface area contributed by atoms with E-state index in [1.165, 1.54) is 0 Å². The van der Waals surface area contributed by atoms with Gasteiger partial charge in [0, 0.05) is 16.6 Å². The van der Waals surface area contributed by atoms with Crippen LogP contribution in [0.5, 0.6) is 0 Å². The van der Waals surface area contributed by atoms with Gasteiger partial charge < -0.3 is 20.0 Å². The molecule has 1 saturated heterocycles. The van der Waals surface area contributed by atoms with E-state index in [0.29, 0.717) is 0 Å². The Morgan fingerprint density at radius 2 is 1.70 bits per heavy atom. The number of anilines is 1. The van der Waals surface area contributed by atoms with Crippen molar-refractivity contribution >= 4 is 29.2 Å². The Hall–Kier alpha value is -1.46. The van der Waals surface area contributed by atoms with E-state index in [1.807, 2.05) is 19.1 Å². The SMILES string of the molecule is Cc1[nH]c2ccc(B3OC(C)(C)C(C)(C)O3)cc2c1N. The molecule has 5 heteroatoms. The van der Waals surface area contributed by atoms with Crippen LogP contribution in [0.2, 0.25) is 0 Å². The maximum absolute atomic E-state index is 6.10. The van der Waals surface area contributed by atoms with Crippen molar-refractivity contribution in [1.82, 2.24) is 4.98 Å². The highest BCUT2D eigenvalue weighted by molar-refractivity contribution is 6.62. The van der Waals surface area contributed by atoms with Crippen LogP contribution < -0.4 is 11.2 Å². The van der Waals surface area contributed by atoms with Crippen molar-refractivity contribution in [2.45, 2.75) is 45.8 Å². The molecule has 2 aromatic rings. The Balaban J connectivity index is 2.02. The van der Waals surface area contributed by atoms with Gasteiger partial charge in [-0.25, -0.2) is 0 Å². The number of aromatic nitrogens is 1. The molecule has 1 aliphatic heterocycles. The van der Waals surface area contributed by atoms with Crippen molar-refractivity contribution in [3.63, 3.8) is 0 Å². The lowest BCUT2D eigenvalue weighted by Crippen LogP contribution is -2.41. The summed E-state index contributed by atoms with van der Waals surface area (Å²) in [6.45, 7) is 10.2. The number of fused-ring (bicyclic) bond motifs is 1. The lowest BCUT2D eigenvalue weighted by Gasteiger charge is -2.32. The third-order valence-electron chi connectivity index (χ3n) is 4.59. The zero-order chi connectivity index (χ0) is 14.7. The first-order chi connectivity index (χ1) is 9.21. The molecule has 20 heavy (non-hydrogen) atoms. The first-order valence-electron chi connectivity index (χ1n) is 6.95. The van der Waals surface area contributed by atoms with E-state index in [9.17, 15) is 0 Å². The Morgan fingerprint density at radius 3 is 2.30 bits per heavy atom. The largest absolute Gasteiger partial charge is 0.494 e. The molecule has 1 aromatic heterocycles. The highest BCUT2D eigenvalue weighted by atomic mass is 16.7. The van der Waals surface area contributed by atoms with Gasteiger partial charge in [0.2, 0.25) is 0 Å². The van der Waals surface area contributed by atoms with E-state index < -0.39 is 0 Å². The molecule has 1 aromatic carbocycles. The van der Waals surface area contributed by atoms with Gasteiger partial charge in [0.15, 0.2) is 0 Å². The van der Waals surface area contributed by atoms with Gasteiger partial charge in [-0.05, 0) is 46.1 Å². The molecule has 4 nitrogen and oxygen atoms in total. The molecule has 3 rings (SSSR count). The number of aromatic amines is 1. The Morgan fingerprint density at radius 1 is 1.10 bits per heavy atom. The Kier molecular flexibility index (Phi) is 2.72. The first kappa shape index (κ1) is 13.5. The molecule has 0 spiro atoms. The molecule has 0 amide bonds. The minimum atomic E-state index is -0.348. The molecular weight excluding hydrogens is 251 g/mol. The number of hydrogen-bond acceptors (Lipinski definition) is 3. The fourth-order valence-corrected chi connectivity index (χ4v) is 2.49. The smallest absolute Gasteiger partial charge is 0.399 e. The highest BCUT2D eigenvalue weighted by Gasteiger charge is 2.51.